The van der Waals surface area contributed by atoms with E-state index in [4.69, 9.17) is 4.74 Å². The number of thiophene rings is 1. The second-order valence-electron chi connectivity index (χ2n) is 6.24. The molecule has 0 aliphatic carbocycles. The third-order valence-corrected chi connectivity index (χ3v) is 5.59. The quantitative estimate of drug-likeness (QED) is 0.557. The summed E-state index contributed by atoms with van der Waals surface area (Å²) in [7, 11) is 0. The van der Waals surface area contributed by atoms with E-state index in [0.29, 0.717) is 18.0 Å². The lowest BCUT2D eigenvalue weighted by Gasteiger charge is -2.35. The lowest BCUT2D eigenvalue weighted by Crippen LogP contribution is -2.48. The summed E-state index contributed by atoms with van der Waals surface area (Å²) in [6, 6.07) is 4.37. The molecule has 5 nitrogen and oxygen atoms in total. The van der Waals surface area contributed by atoms with Crippen LogP contribution < -0.4 is 0 Å². The van der Waals surface area contributed by atoms with Crippen molar-refractivity contribution >= 4 is 29.0 Å². The summed E-state index contributed by atoms with van der Waals surface area (Å²) >= 11 is 2.21. The van der Waals surface area contributed by atoms with E-state index in [0.717, 1.165) is 17.8 Å². The summed E-state index contributed by atoms with van der Waals surface area (Å²) in [5, 5.41) is 1.71. The number of nitrogens with zero attached hydrogens (tertiary/aromatic N) is 3. The van der Waals surface area contributed by atoms with Crippen LogP contribution in [0.1, 0.15) is 19.5 Å². The van der Waals surface area contributed by atoms with Crippen LogP contribution >= 0.6 is 23.1 Å². The van der Waals surface area contributed by atoms with Crippen molar-refractivity contribution in [2.24, 2.45) is 0 Å². The van der Waals surface area contributed by atoms with Crippen molar-refractivity contribution in [2.75, 3.05) is 18.8 Å². The molecule has 0 aromatic carbocycles. The van der Waals surface area contributed by atoms with Crippen LogP contribution in [0.25, 0.3) is 10.6 Å². The number of aromatic nitrogens is 2. The van der Waals surface area contributed by atoms with Gasteiger partial charge < -0.3 is 9.64 Å². The van der Waals surface area contributed by atoms with E-state index in [2.05, 4.69) is 9.97 Å². The lowest BCUT2D eigenvalue weighted by atomic mass is 10.2. The van der Waals surface area contributed by atoms with Crippen LogP contribution in [0.15, 0.2) is 28.7 Å². The molecule has 10 heteroatoms. The zero-order chi connectivity index (χ0) is 19.6. The highest BCUT2D eigenvalue weighted by atomic mass is 32.2. The Morgan fingerprint density at radius 3 is 2.63 bits per heavy atom. The number of ether oxygens (including phenoxy) is 1. The van der Waals surface area contributed by atoms with Crippen molar-refractivity contribution in [1.29, 1.82) is 0 Å². The number of halogens is 3. The van der Waals surface area contributed by atoms with Crippen LogP contribution in [-0.4, -0.2) is 51.8 Å². The molecule has 146 valence electrons. The molecule has 0 saturated carbocycles. The maximum atomic E-state index is 13.2. The maximum absolute atomic E-state index is 13.2. The van der Waals surface area contributed by atoms with Crippen molar-refractivity contribution < 1.29 is 22.7 Å². The molecular weight excluding hydrogens is 399 g/mol. The molecule has 0 spiro atoms. The summed E-state index contributed by atoms with van der Waals surface area (Å²) in [6.45, 7) is 4.69. The average molecular weight is 417 g/mol. The molecule has 1 saturated heterocycles. The van der Waals surface area contributed by atoms with Gasteiger partial charge in [0.25, 0.3) is 0 Å². The molecule has 1 aliphatic heterocycles. The zero-order valence-electron chi connectivity index (χ0n) is 14.7. The summed E-state index contributed by atoms with van der Waals surface area (Å²) in [5.41, 5.74) is -0.805. The average Bonchev–Trinajstić information content (AvgIpc) is 3.12. The number of alkyl halides is 3. The minimum atomic E-state index is -4.58. The molecule has 0 unspecified atom stereocenters. The monoisotopic (exact) mass is 417 g/mol. The fourth-order valence-electron chi connectivity index (χ4n) is 2.78. The fraction of sp³-hybridized carbons (Fsp3) is 0.471. The minimum Gasteiger partial charge on any atom is -0.372 e. The van der Waals surface area contributed by atoms with Gasteiger partial charge in [0.1, 0.15) is 5.69 Å². The van der Waals surface area contributed by atoms with Gasteiger partial charge in [-0.15, -0.1) is 11.3 Å². The van der Waals surface area contributed by atoms with Crippen molar-refractivity contribution in [2.45, 2.75) is 37.4 Å². The van der Waals surface area contributed by atoms with Crippen LogP contribution in [0.2, 0.25) is 0 Å². The molecule has 1 fully saturated rings. The topological polar surface area (TPSA) is 55.3 Å². The molecule has 1 aliphatic rings. The van der Waals surface area contributed by atoms with Crippen LogP contribution in [0.4, 0.5) is 13.2 Å². The number of carbonyl (C=O) groups excluding carboxylic acids is 1. The Morgan fingerprint density at radius 2 is 2.04 bits per heavy atom. The van der Waals surface area contributed by atoms with E-state index in [-0.39, 0.29) is 34.7 Å². The van der Waals surface area contributed by atoms with E-state index in [1.165, 1.54) is 11.3 Å². The van der Waals surface area contributed by atoms with Crippen LogP contribution in [0.3, 0.4) is 0 Å². The van der Waals surface area contributed by atoms with Crippen LogP contribution in [0, 0.1) is 0 Å². The molecule has 3 rings (SSSR count). The minimum absolute atomic E-state index is 0.0232. The van der Waals surface area contributed by atoms with Gasteiger partial charge >= 0.3 is 6.18 Å². The number of thioether (sulfide) groups is 1. The first-order chi connectivity index (χ1) is 12.7. The molecule has 0 radical (unpaired) electrons. The van der Waals surface area contributed by atoms with Crippen molar-refractivity contribution in [1.82, 2.24) is 14.9 Å². The van der Waals surface area contributed by atoms with E-state index in [1.54, 1.807) is 22.4 Å². The van der Waals surface area contributed by atoms with Gasteiger partial charge in [-0.05, 0) is 31.4 Å². The number of hydrogen-bond donors (Lipinski definition) is 0. The smallest absolute Gasteiger partial charge is 0.372 e. The second kappa shape index (κ2) is 8.15. The Balaban J connectivity index is 1.76. The lowest BCUT2D eigenvalue weighted by molar-refractivity contribution is -0.141. The molecule has 3 heterocycles. The van der Waals surface area contributed by atoms with Gasteiger partial charge in [-0.2, -0.15) is 13.2 Å². The number of amides is 1. The van der Waals surface area contributed by atoms with E-state index < -0.39 is 11.9 Å². The third kappa shape index (κ3) is 5.20. The summed E-state index contributed by atoms with van der Waals surface area (Å²) in [5.74, 6) is -0.189. The number of carbonyl (C=O) groups is 1. The highest BCUT2D eigenvalue weighted by molar-refractivity contribution is 7.99. The molecule has 0 N–H and O–H groups in total. The molecule has 2 atom stereocenters. The highest BCUT2D eigenvalue weighted by Gasteiger charge is 2.34. The maximum Gasteiger partial charge on any atom is 0.433 e. The van der Waals surface area contributed by atoms with Crippen molar-refractivity contribution in [3.63, 3.8) is 0 Å². The second-order valence-corrected chi connectivity index (χ2v) is 8.13. The summed E-state index contributed by atoms with van der Waals surface area (Å²) in [4.78, 5) is 22.5. The van der Waals surface area contributed by atoms with Crippen molar-refractivity contribution in [3.05, 3.63) is 29.3 Å². The van der Waals surface area contributed by atoms with Crippen molar-refractivity contribution in [3.8, 4) is 10.6 Å². The van der Waals surface area contributed by atoms with Gasteiger partial charge in [-0.1, -0.05) is 17.8 Å². The Labute approximate surface area is 163 Å². The molecule has 27 heavy (non-hydrogen) atoms. The standard InChI is InChI=1S/C17H18F3N3O2S2/c1-10-7-23(8-11(2)25-10)15(24)9-27-16-21-12(13-4-3-5-26-13)6-14(22-16)17(18,19)20/h3-6,10-11H,7-9H2,1-2H3/t10-,11-/m0/s1. The number of rotatable bonds is 4. The van der Waals surface area contributed by atoms with E-state index >= 15 is 0 Å². The first-order valence-corrected chi connectivity index (χ1v) is 10.1. The Hall–Kier alpha value is -1.65. The van der Waals surface area contributed by atoms with Gasteiger partial charge in [-0.3, -0.25) is 4.79 Å². The Kier molecular flexibility index (Phi) is 6.07. The van der Waals surface area contributed by atoms with Gasteiger partial charge in [0.15, 0.2) is 5.16 Å². The first kappa shape index (κ1) is 20.1. The van der Waals surface area contributed by atoms with Gasteiger partial charge in [-0.25, -0.2) is 9.97 Å². The van der Waals surface area contributed by atoms with Crippen LogP contribution in [-0.2, 0) is 15.7 Å². The fourth-order valence-corrected chi connectivity index (χ4v) is 4.23. The first-order valence-electron chi connectivity index (χ1n) is 8.28. The van der Waals surface area contributed by atoms with E-state index in [1.807, 2.05) is 13.8 Å². The van der Waals surface area contributed by atoms with Gasteiger partial charge in [0.2, 0.25) is 5.91 Å². The van der Waals surface area contributed by atoms with Crippen LogP contribution in [0.5, 0.6) is 0 Å². The highest BCUT2D eigenvalue weighted by Crippen LogP contribution is 2.33. The third-order valence-electron chi connectivity index (χ3n) is 3.87. The van der Waals surface area contributed by atoms with E-state index in [9.17, 15) is 18.0 Å². The molecule has 0 bridgehead atoms. The predicted molar refractivity (Wildman–Crippen MR) is 97.7 cm³/mol. The largest absolute Gasteiger partial charge is 0.433 e. The Bertz CT molecular complexity index is 789. The zero-order valence-corrected chi connectivity index (χ0v) is 16.3. The molecule has 1 amide bonds. The Morgan fingerprint density at radius 1 is 1.33 bits per heavy atom. The number of morpholine rings is 1. The summed E-state index contributed by atoms with van der Waals surface area (Å²) in [6.07, 6.45) is -4.72. The number of hydrogen-bond acceptors (Lipinski definition) is 6. The SMILES string of the molecule is C[C@H]1CN(C(=O)CSc2nc(-c3cccs3)cc(C(F)(F)F)n2)C[C@H](C)O1. The molecular formula is C17H18F3N3O2S2. The molecule has 2 aromatic heterocycles. The van der Waals surface area contributed by atoms with Gasteiger partial charge in [0, 0.05) is 13.1 Å². The molecule has 2 aromatic rings. The predicted octanol–water partition coefficient (Wildman–Crippen LogP) is 3.95. The summed E-state index contributed by atoms with van der Waals surface area (Å²) < 4.78 is 45.1. The van der Waals surface area contributed by atoms with Gasteiger partial charge in [0.05, 0.1) is 28.5 Å². The normalized spacial score (nSPS) is 20.7.